The lowest BCUT2D eigenvalue weighted by molar-refractivity contribution is -0.162. The maximum absolute atomic E-state index is 12.6. The van der Waals surface area contributed by atoms with E-state index in [-0.39, 0.29) is 31.3 Å². The number of carbonyl (C=O) groups excluding carboxylic acids is 3. The van der Waals surface area contributed by atoms with E-state index in [1.807, 2.05) is 30.3 Å². The third-order valence-corrected chi connectivity index (χ3v) is 3.33. The molecule has 0 saturated carbocycles. The number of hydrogen-bond acceptors (Lipinski definition) is 4. The monoisotopic (exact) mass is 305 g/mol. The molecule has 1 aromatic rings. The molecule has 0 heterocycles. The van der Waals surface area contributed by atoms with Crippen LogP contribution in [-0.2, 0) is 25.5 Å². The molecule has 22 heavy (non-hydrogen) atoms. The maximum atomic E-state index is 12.6. The van der Waals surface area contributed by atoms with E-state index in [1.165, 1.54) is 11.8 Å². The van der Waals surface area contributed by atoms with Gasteiger partial charge in [0, 0.05) is 0 Å². The van der Waals surface area contributed by atoms with Crippen molar-refractivity contribution in [3.63, 3.8) is 0 Å². The van der Waals surface area contributed by atoms with Crippen molar-refractivity contribution in [2.75, 3.05) is 13.2 Å². The van der Waals surface area contributed by atoms with E-state index in [1.54, 1.807) is 20.8 Å². The number of amides is 1. The van der Waals surface area contributed by atoms with Crippen LogP contribution >= 0.6 is 0 Å². The highest BCUT2D eigenvalue weighted by molar-refractivity contribution is 5.91. The summed E-state index contributed by atoms with van der Waals surface area (Å²) in [7, 11) is 0. The minimum absolute atomic E-state index is 0.114. The number of rotatable bonds is 7. The molecule has 0 aliphatic carbocycles. The third kappa shape index (κ3) is 4.69. The van der Waals surface area contributed by atoms with Crippen molar-refractivity contribution in [1.29, 1.82) is 0 Å². The van der Waals surface area contributed by atoms with Gasteiger partial charge in [0.05, 0.1) is 19.6 Å². The summed E-state index contributed by atoms with van der Waals surface area (Å²) in [5, 5.41) is 0. The van der Waals surface area contributed by atoms with Crippen LogP contribution in [0.3, 0.4) is 0 Å². The minimum atomic E-state index is -1.19. The molecule has 1 rings (SSSR count). The highest BCUT2D eigenvalue weighted by Crippen LogP contribution is 2.18. The van der Waals surface area contributed by atoms with E-state index in [4.69, 9.17) is 4.74 Å². The molecule has 0 saturated heterocycles. The van der Waals surface area contributed by atoms with Gasteiger partial charge >= 0.3 is 5.97 Å². The van der Waals surface area contributed by atoms with Gasteiger partial charge in [-0.2, -0.15) is 0 Å². The van der Waals surface area contributed by atoms with E-state index in [9.17, 15) is 14.4 Å². The molecule has 0 aliphatic heterocycles. The number of carbonyl (C=O) groups is 3. The standard InChI is InChI=1S/C17H23NO4/c1-5-22-16(21)17(3,4)18(12-13(2)19)15(20)11-14-9-7-6-8-10-14/h6-10H,5,11-12H2,1-4H3. The molecule has 0 fully saturated rings. The second-order valence-corrected chi connectivity index (χ2v) is 5.62. The highest BCUT2D eigenvalue weighted by atomic mass is 16.5. The first kappa shape index (κ1) is 17.9. The predicted octanol–water partition coefficient (Wildman–Crippen LogP) is 1.99. The Bertz CT molecular complexity index is 537. The normalized spacial score (nSPS) is 10.9. The highest BCUT2D eigenvalue weighted by Gasteiger charge is 2.39. The molecular weight excluding hydrogens is 282 g/mol. The Kier molecular flexibility index (Phi) is 6.28. The van der Waals surface area contributed by atoms with E-state index >= 15 is 0 Å². The molecule has 1 amide bonds. The first-order valence-electron chi connectivity index (χ1n) is 7.30. The van der Waals surface area contributed by atoms with Gasteiger partial charge in [0.25, 0.3) is 0 Å². The summed E-state index contributed by atoms with van der Waals surface area (Å²) >= 11 is 0. The number of ether oxygens (including phenoxy) is 1. The number of hydrogen-bond donors (Lipinski definition) is 0. The fraction of sp³-hybridized carbons (Fsp3) is 0.471. The summed E-state index contributed by atoms with van der Waals surface area (Å²) in [5.74, 6) is -0.976. The van der Waals surface area contributed by atoms with Gasteiger partial charge in [-0.25, -0.2) is 4.79 Å². The number of nitrogens with zero attached hydrogens (tertiary/aromatic N) is 1. The first-order chi connectivity index (χ1) is 10.3. The van der Waals surface area contributed by atoms with Crippen molar-refractivity contribution in [1.82, 2.24) is 4.90 Å². The first-order valence-corrected chi connectivity index (χ1v) is 7.30. The molecule has 0 aromatic heterocycles. The van der Waals surface area contributed by atoms with Crippen molar-refractivity contribution in [2.24, 2.45) is 0 Å². The molecule has 0 aliphatic rings. The van der Waals surface area contributed by atoms with Crippen LogP contribution in [0, 0.1) is 0 Å². The average Bonchev–Trinajstić information content (AvgIpc) is 2.45. The molecule has 0 unspecified atom stereocenters. The smallest absolute Gasteiger partial charge is 0.331 e. The average molecular weight is 305 g/mol. The number of benzene rings is 1. The van der Waals surface area contributed by atoms with Gasteiger partial charge in [0.1, 0.15) is 11.3 Å². The molecule has 5 heteroatoms. The molecule has 120 valence electrons. The molecule has 1 aromatic carbocycles. The Hall–Kier alpha value is -2.17. The lowest BCUT2D eigenvalue weighted by Crippen LogP contribution is -2.55. The van der Waals surface area contributed by atoms with Gasteiger partial charge in [-0.05, 0) is 33.3 Å². The molecule has 5 nitrogen and oxygen atoms in total. The van der Waals surface area contributed by atoms with Crippen LogP contribution in [0.1, 0.15) is 33.3 Å². The number of Topliss-reactive ketones (excluding diaryl/α,β-unsaturated/α-hetero) is 1. The number of esters is 1. The molecule has 0 bridgehead atoms. The van der Waals surface area contributed by atoms with Gasteiger partial charge in [0.15, 0.2) is 0 Å². The molecule has 0 N–H and O–H groups in total. The van der Waals surface area contributed by atoms with Crippen LogP contribution in [0.4, 0.5) is 0 Å². The summed E-state index contributed by atoms with van der Waals surface area (Å²) < 4.78 is 5.03. The van der Waals surface area contributed by atoms with Crippen LogP contribution in [0.2, 0.25) is 0 Å². The zero-order valence-corrected chi connectivity index (χ0v) is 13.6. The molecule has 0 atom stereocenters. The SMILES string of the molecule is CCOC(=O)C(C)(C)N(CC(C)=O)C(=O)Cc1ccccc1. The summed E-state index contributed by atoms with van der Waals surface area (Å²) in [4.78, 5) is 37.5. The topological polar surface area (TPSA) is 63.7 Å². The predicted molar refractivity (Wildman–Crippen MR) is 83.3 cm³/mol. The summed E-state index contributed by atoms with van der Waals surface area (Å²) in [6.45, 7) is 6.40. The van der Waals surface area contributed by atoms with Crippen molar-refractivity contribution in [3.05, 3.63) is 35.9 Å². The molecule has 0 radical (unpaired) electrons. The quantitative estimate of drug-likeness (QED) is 0.723. The Labute approximate surface area is 131 Å². The van der Waals surface area contributed by atoms with Crippen molar-refractivity contribution in [2.45, 2.75) is 39.7 Å². The van der Waals surface area contributed by atoms with Gasteiger partial charge in [-0.15, -0.1) is 0 Å². The van der Waals surface area contributed by atoms with E-state index in [0.717, 1.165) is 5.56 Å². The van der Waals surface area contributed by atoms with Crippen molar-refractivity contribution in [3.8, 4) is 0 Å². The van der Waals surface area contributed by atoms with Crippen LogP contribution in [0.15, 0.2) is 30.3 Å². The van der Waals surface area contributed by atoms with E-state index < -0.39 is 11.5 Å². The molecular formula is C17H23NO4. The summed E-state index contributed by atoms with van der Waals surface area (Å²) in [6.07, 6.45) is 0.136. The Morgan fingerprint density at radius 2 is 1.73 bits per heavy atom. The van der Waals surface area contributed by atoms with Crippen LogP contribution in [0.5, 0.6) is 0 Å². The second kappa shape index (κ2) is 7.73. The molecule has 0 spiro atoms. The zero-order valence-electron chi connectivity index (χ0n) is 13.6. The van der Waals surface area contributed by atoms with Gasteiger partial charge in [0.2, 0.25) is 5.91 Å². The van der Waals surface area contributed by atoms with Crippen LogP contribution in [-0.4, -0.2) is 41.3 Å². The number of ketones is 1. The third-order valence-electron chi connectivity index (χ3n) is 3.33. The fourth-order valence-electron chi connectivity index (χ4n) is 2.10. The Balaban J connectivity index is 2.98. The second-order valence-electron chi connectivity index (χ2n) is 5.62. The zero-order chi connectivity index (χ0) is 16.8. The van der Waals surface area contributed by atoms with Crippen molar-refractivity contribution < 1.29 is 19.1 Å². The lowest BCUT2D eigenvalue weighted by atomic mass is 10.0. The Morgan fingerprint density at radius 1 is 1.14 bits per heavy atom. The van der Waals surface area contributed by atoms with Gasteiger partial charge < -0.3 is 9.64 Å². The van der Waals surface area contributed by atoms with E-state index in [2.05, 4.69) is 0 Å². The summed E-state index contributed by atoms with van der Waals surface area (Å²) in [5.41, 5.74) is -0.353. The lowest BCUT2D eigenvalue weighted by Gasteiger charge is -2.35. The fourth-order valence-corrected chi connectivity index (χ4v) is 2.10. The van der Waals surface area contributed by atoms with Gasteiger partial charge in [-0.3, -0.25) is 9.59 Å². The maximum Gasteiger partial charge on any atom is 0.331 e. The Morgan fingerprint density at radius 3 is 2.23 bits per heavy atom. The minimum Gasteiger partial charge on any atom is -0.464 e. The summed E-state index contributed by atoms with van der Waals surface area (Å²) in [6, 6.07) is 9.22. The largest absolute Gasteiger partial charge is 0.464 e. The van der Waals surface area contributed by atoms with Crippen molar-refractivity contribution >= 4 is 17.7 Å². The van der Waals surface area contributed by atoms with Gasteiger partial charge in [-0.1, -0.05) is 30.3 Å². The van der Waals surface area contributed by atoms with E-state index in [0.29, 0.717) is 0 Å². The van der Waals surface area contributed by atoms with Crippen LogP contribution in [0.25, 0.3) is 0 Å². The van der Waals surface area contributed by atoms with Crippen LogP contribution < -0.4 is 0 Å².